The lowest BCUT2D eigenvalue weighted by Crippen LogP contribution is -2.28. The summed E-state index contributed by atoms with van der Waals surface area (Å²) in [5.41, 5.74) is 6.78. The van der Waals surface area contributed by atoms with Gasteiger partial charge < -0.3 is 15.5 Å². The van der Waals surface area contributed by atoms with Crippen LogP contribution in [0.5, 0.6) is 0 Å². The van der Waals surface area contributed by atoms with Crippen molar-refractivity contribution in [1.29, 1.82) is 0 Å². The molecule has 0 aliphatic carbocycles. The second-order valence-electron chi connectivity index (χ2n) is 4.50. The number of hydrogen-bond acceptors (Lipinski definition) is 3. The predicted molar refractivity (Wildman–Crippen MR) is 65.7 cm³/mol. The molecule has 0 spiro atoms. The van der Waals surface area contributed by atoms with E-state index < -0.39 is 0 Å². The van der Waals surface area contributed by atoms with Gasteiger partial charge in [0.2, 0.25) is 5.91 Å². The Hall–Kier alpha value is -1.62. The summed E-state index contributed by atoms with van der Waals surface area (Å²) in [5.74, 6) is -0.379. The minimum atomic E-state index is -0.333. The molecule has 1 heterocycles. The third kappa shape index (κ3) is 2.24. The number of carbonyl (C=O) groups excluding carboxylic acids is 1. The Bertz CT molecular complexity index is 447. The van der Waals surface area contributed by atoms with E-state index in [1.807, 2.05) is 0 Å². The Balaban J connectivity index is 2.29. The van der Waals surface area contributed by atoms with Crippen molar-refractivity contribution in [3.8, 4) is 0 Å². The average Bonchev–Trinajstić information content (AvgIpc) is 2.57. The molecule has 1 amide bonds. The summed E-state index contributed by atoms with van der Waals surface area (Å²) < 4.78 is 13.8. The van der Waals surface area contributed by atoms with Crippen molar-refractivity contribution < 1.29 is 9.18 Å². The molecule has 1 saturated heterocycles. The van der Waals surface area contributed by atoms with E-state index in [1.54, 1.807) is 31.1 Å². The van der Waals surface area contributed by atoms with Crippen LogP contribution in [-0.4, -0.2) is 32.6 Å². The molecule has 0 bridgehead atoms. The molecular weight excluding hydrogens is 221 g/mol. The van der Waals surface area contributed by atoms with Gasteiger partial charge in [-0.25, -0.2) is 4.39 Å². The van der Waals surface area contributed by atoms with E-state index in [-0.39, 0.29) is 17.8 Å². The van der Waals surface area contributed by atoms with E-state index in [1.165, 1.54) is 11.0 Å². The maximum absolute atomic E-state index is 13.8. The minimum absolute atomic E-state index is 0.0468. The highest BCUT2D eigenvalue weighted by atomic mass is 19.1. The summed E-state index contributed by atoms with van der Waals surface area (Å²) in [6.45, 7) is 0.458. The molecular formula is C12H16FN3O. The second kappa shape index (κ2) is 4.33. The van der Waals surface area contributed by atoms with Crippen LogP contribution in [0.2, 0.25) is 0 Å². The zero-order valence-electron chi connectivity index (χ0n) is 9.98. The molecule has 17 heavy (non-hydrogen) atoms. The predicted octanol–water partition coefficient (Wildman–Crippen LogP) is 0.956. The first-order chi connectivity index (χ1) is 7.99. The monoisotopic (exact) mass is 237 g/mol. The van der Waals surface area contributed by atoms with Crippen molar-refractivity contribution in [3.63, 3.8) is 0 Å². The number of anilines is 2. The summed E-state index contributed by atoms with van der Waals surface area (Å²) in [4.78, 5) is 14.9. The largest absolute Gasteiger partial charge is 0.375 e. The lowest BCUT2D eigenvalue weighted by atomic mass is 10.2. The van der Waals surface area contributed by atoms with Crippen LogP contribution in [-0.2, 0) is 4.79 Å². The van der Waals surface area contributed by atoms with Gasteiger partial charge in [-0.1, -0.05) is 0 Å². The standard InChI is InChI=1S/C12H16FN3O/c1-15(2)11-4-3-9(6-10(11)13)16-7-8(14)5-12(16)17/h3-4,6,8H,5,7,14H2,1-2H3. The van der Waals surface area contributed by atoms with Gasteiger partial charge in [0.05, 0.1) is 5.69 Å². The number of nitrogens with two attached hydrogens (primary N) is 1. The summed E-state index contributed by atoms with van der Waals surface area (Å²) in [6, 6.07) is 4.64. The van der Waals surface area contributed by atoms with Gasteiger partial charge >= 0.3 is 0 Å². The number of amides is 1. The van der Waals surface area contributed by atoms with E-state index in [4.69, 9.17) is 5.73 Å². The highest BCUT2D eigenvalue weighted by molar-refractivity contribution is 5.96. The maximum Gasteiger partial charge on any atom is 0.228 e. The van der Waals surface area contributed by atoms with Crippen molar-refractivity contribution >= 4 is 17.3 Å². The van der Waals surface area contributed by atoms with Crippen molar-refractivity contribution in [1.82, 2.24) is 0 Å². The van der Waals surface area contributed by atoms with Crippen LogP contribution >= 0.6 is 0 Å². The molecule has 1 atom stereocenters. The zero-order valence-corrected chi connectivity index (χ0v) is 9.98. The first-order valence-corrected chi connectivity index (χ1v) is 5.52. The second-order valence-corrected chi connectivity index (χ2v) is 4.50. The third-order valence-corrected chi connectivity index (χ3v) is 2.88. The molecule has 1 fully saturated rings. The van der Waals surface area contributed by atoms with E-state index in [0.29, 0.717) is 24.3 Å². The molecule has 5 heteroatoms. The third-order valence-electron chi connectivity index (χ3n) is 2.88. The quantitative estimate of drug-likeness (QED) is 0.833. The Labute approximate surface area is 99.8 Å². The maximum atomic E-state index is 13.8. The van der Waals surface area contributed by atoms with E-state index in [2.05, 4.69) is 0 Å². The summed E-state index contributed by atoms with van der Waals surface area (Å²) in [7, 11) is 3.55. The summed E-state index contributed by atoms with van der Waals surface area (Å²) >= 11 is 0. The molecule has 92 valence electrons. The fourth-order valence-electron chi connectivity index (χ4n) is 2.01. The normalized spacial score (nSPS) is 19.9. The lowest BCUT2D eigenvalue weighted by Gasteiger charge is -2.19. The van der Waals surface area contributed by atoms with E-state index >= 15 is 0 Å². The van der Waals surface area contributed by atoms with Crippen molar-refractivity contribution in [2.24, 2.45) is 5.73 Å². The zero-order chi connectivity index (χ0) is 12.6. The number of carbonyl (C=O) groups is 1. The molecule has 0 saturated carbocycles. The van der Waals surface area contributed by atoms with Gasteiger partial charge in [-0.3, -0.25) is 4.79 Å². The van der Waals surface area contributed by atoms with Crippen LogP contribution in [0.3, 0.4) is 0 Å². The van der Waals surface area contributed by atoms with Crippen LogP contribution in [0, 0.1) is 5.82 Å². The van der Waals surface area contributed by atoms with Crippen molar-refractivity contribution in [3.05, 3.63) is 24.0 Å². The first-order valence-electron chi connectivity index (χ1n) is 5.52. The Morgan fingerprint density at radius 3 is 2.65 bits per heavy atom. The van der Waals surface area contributed by atoms with Gasteiger partial charge in [0.1, 0.15) is 5.82 Å². The topological polar surface area (TPSA) is 49.6 Å². The minimum Gasteiger partial charge on any atom is -0.375 e. The molecule has 4 nitrogen and oxygen atoms in total. The fraction of sp³-hybridized carbons (Fsp3) is 0.417. The molecule has 2 rings (SSSR count). The molecule has 1 aliphatic heterocycles. The van der Waals surface area contributed by atoms with Crippen LogP contribution in [0.1, 0.15) is 6.42 Å². The van der Waals surface area contributed by atoms with Crippen LogP contribution < -0.4 is 15.5 Å². The molecule has 1 unspecified atom stereocenters. The lowest BCUT2D eigenvalue weighted by molar-refractivity contribution is -0.117. The SMILES string of the molecule is CN(C)c1ccc(N2CC(N)CC2=O)cc1F. The first kappa shape index (κ1) is 11.9. The van der Waals surface area contributed by atoms with Gasteiger partial charge in [0.15, 0.2) is 0 Å². The average molecular weight is 237 g/mol. The van der Waals surface area contributed by atoms with Gasteiger partial charge in [0, 0.05) is 38.8 Å². The van der Waals surface area contributed by atoms with E-state index in [9.17, 15) is 9.18 Å². The number of halogens is 1. The Kier molecular flexibility index (Phi) is 3.02. The highest BCUT2D eigenvalue weighted by Gasteiger charge is 2.28. The van der Waals surface area contributed by atoms with Crippen LogP contribution in [0.15, 0.2) is 18.2 Å². The molecule has 1 aliphatic rings. The smallest absolute Gasteiger partial charge is 0.228 e. The summed E-state index contributed by atoms with van der Waals surface area (Å²) in [5, 5.41) is 0. The molecule has 0 aromatic heterocycles. The van der Waals surface area contributed by atoms with Crippen molar-refractivity contribution in [2.75, 3.05) is 30.4 Å². The van der Waals surface area contributed by atoms with Crippen LogP contribution in [0.4, 0.5) is 15.8 Å². The molecule has 0 radical (unpaired) electrons. The Morgan fingerprint density at radius 2 is 2.18 bits per heavy atom. The number of nitrogens with zero attached hydrogens (tertiary/aromatic N) is 2. The van der Waals surface area contributed by atoms with E-state index in [0.717, 1.165) is 0 Å². The number of benzene rings is 1. The fourth-order valence-corrected chi connectivity index (χ4v) is 2.01. The number of rotatable bonds is 2. The van der Waals surface area contributed by atoms with Gasteiger partial charge in [0.25, 0.3) is 0 Å². The van der Waals surface area contributed by atoms with Crippen LogP contribution in [0.25, 0.3) is 0 Å². The molecule has 2 N–H and O–H groups in total. The molecule has 1 aromatic rings. The molecule has 1 aromatic carbocycles. The van der Waals surface area contributed by atoms with Gasteiger partial charge in [-0.2, -0.15) is 0 Å². The Morgan fingerprint density at radius 1 is 1.47 bits per heavy atom. The van der Waals surface area contributed by atoms with Crippen molar-refractivity contribution in [2.45, 2.75) is 12.5 Å². The highest BCUT2D eigenvalue weighted by Crippen LogP contribution is 2.26. The number of hydrogen-bond donors (Lipinski definition) is 1. The van der Waals surface area contributed by atoms with Gasteiger partial charge in [-0.15, -0.1) is 0 Å². The summed E-state index contributed by atoms with van der Waals surface area (Å²) in [6.07, 6.45) is 0.330. The van der Waals surface area contributed by atoms with Gasteiger partial charge in [-0.05, 0) is 18.2 Å².